The van der Waals surface area contributed by atoms with Crippen molar-refractivity contribution in [2.75, 3.05) is 13.1 Å². The molecule has 1 atom stereocenters. The first-order chi connectivity index (χ1) is 10.3. The minimum atomic E-state index is -0.603. The molecular weight excluding hydrogens is 262 g/mol. The van der Waals surface area contributed by atoms with Gasteiger partial charge in [0, 0.05) is 18.7 Å². The Balaban J connectivity index is 2.29. The monoisotopic (exact) mass is 283 g/mol. The first-order valence-electron chi connectivity index (χ1n) is 7.31. The molecule has 0 aliphatic carbocycles. The van der Waals surface area contributed by atoms with Gasteiger partial charge >= 0.3 is 0 Å². The van der Waals surface area contributed by atoms with Gasteiger partial charge in [-0.25, -0.2) is 0 Å². The number of para-hydroxylation sites is 1. The highest BCUT2D eigenvalue weighted by molar-refractivity contribution is 5.82. The number of carbonyl (C=O) groups is 1. The second-order valence-corrected chi connectivity index (χ2v) is 4.73. The lowest BCUT2D eigenvalue weighted by molar-refractivity contribution is -0.138. The van der Waals surface area contributed by atoms with Gasteiger partial charge in [-0.1, -0.05) is 48.5 Å². The quantitative estimate of drug-likeness (QED) is 0.809. The third-order valence-corrected chi connectivity index (χ3v) is 3.40. The molecule has 0 aliphatic rings. The number of hydrogen-bond acceptors (Lipinski definition) is 2. The van der Waals surface area contributed by atoms with Crippen molar-refractivity contribution in [1.82, 2.24) is 4.90 Å². The Morgan fingerprint density at radius 3 is 2.00 bits per heavy atom. The van der Waals surface area contributed by atoms with Crippen molar-refractivity contribution < 1.29 is 9.53 Å². The molecule has 3 heteroatoms. The standard InChI is InChI=1S/C18H21NO2/c1-3-19(4-2)18(20)17(15-11-7-5-8-12-15)21-16-13-9-6-10-14-16/h5-14,17H,3-4H2,1-2H3. The Hall–Kier alpha value is -2.29. The van der Waals surface area contributed by atoms with Gasteiger partial charge in [-0.3, -0.25) is 4.79 Å². The molecule has 2 rings (SSSR count). The average molecular weight is 283 g/mol. The fourth-order valence-electron chi connectivity index (χ4n) is 2.23. The maximum Gasteiger partial charge on any atom is 0.268 e. The summed E-state index contributed by atoms with van der Waals surface area (Å²) in [6.45, 7) is 5.31. The summed E-state index contributed by atoms with van der Waals surface area (Å²) in [7, 11) is 0. The van der Waals surface area contributed by atoms with Crippen molar-refractivity contribution in [1.29, 1.82) is 0 Å². The Morgan fingerprint density at radius 1 is 0.952 bits per heavy atom. The third kappa shape index (κ3) is 3.85. The molecule has 0 heterocycles. The molecule has 0 aromatic heterocycles. The summed E-state index contributed by atoms with van der Waals surface area (Å²) in [5.74, 6) is 0.696. The highest BCUT2D eigenvalue weighted by Gasteiger charge is 2.26. The summed E-state index contributed by atoms with van der Waals surface area (Å²) in [4.78, 5) is 14.5. The van der Waals surface area contributed by atoms with Gasteiger partial charge in [0.25, 0.3) is 5.91 Å². The number of hydrogen-bond donors (Lipinski definition) is 0. The van der Waals surface area contributed by atoms with Crippen LogP contribution in [0.5, 0.6) is 5.75 Å². The van der Waals surface area contributed by atoms with Gasteiger partial charge in [0.2, 0.25) is 6.10 Å². The summed E-state index contributed by atoms with van der Waals surface area (Å²) >= 11 is 0. The van der Waals surface area contributed by atoms with Crippen LogP contribution in [0.25, 0.3) is 0 Å². The van der Waals surface area contributed by atoms with Crippen LogP contribution >= 0.6 is 0 Å². The van der Waals surface area contributed by atoms with Gasteiger partial charge in [0.05, 0.1) is 0 Å². The summed E-state index contributed by atoms with van der Waals surface area (Å²) in [5, 5.41) is 0. The molecule has 21 heavy (non-hydrogen) atoms. The molecule has 2 aromatic carbocycles. The Kier molecular flexibility index (Phi) is 5.38. The number of carbonyl (C=O) groups excluding carboxylic acids is 1. The van der Waals surface area contributed by atoms with Gasteiger partial charge in [-0.2, -0.15) is 0 Å². The molecule has 0 saturated carbocycles. The van der Waals surface area contributed by atoms with Gasteiger partial charge in [0.15, 0.2) is 0 Å². The maximum absolute atomic E-state index is 12.7. The summed E-state index contributed by atoms with van der Waals surface area (Å²) in [6.07, 6.45) is -0.603. The summed E-state index contributed by atoms with van der Waals surface area (Å²) in [5.41, 5.74) is 0.873. The Labute approximate surface area is 126 Å². The van der Waals surface area contributed by atoms with Crippen LogP contribution in [0.4, 0.5) is 0 Å². The maximum atomic E-state index is 12.7. The van der Waals surface area contributed by atoms with Gasteiger partial charge in [-0.15, -0.1) is 0 Å². The lowest BCUT2D eigenvalue weighted by Gasteiger charge is -2.26. The van der Waals surface area contributed by atoms with Crippen LogP contribution in [0.1, 0.15) is 25.5 Å². The first kappa shape index (κ1) is 15.1. The Morgan fingerprint density at radius 2 is 1.48 bits per heavy atom. The van der Waals surface area contributed by atoms with Crippen molar-refractivity contribution in [2.45, 2.75) is 20.0 Å². The number of likely N-dealkylation sites (N-methyl/N-ethyl adjacent to an activating group) is 1. The number of amides is 1. The molecule has 0 N–H and O–H groups in total. The third-order valence-electron chi connectivity index (χ3n) is 3.40. The number of nitrogens with zero attached hydrogens (tertiary/aromatic N) is 1. The molecule has 0 radical (unpaired) electrons. The van der Waals surface area contributed by atoms with Crippen LogP contribution in [-0.2, 0) is 4.79 Å². The second kappa shape index (κ2) is 7.48. The van der Waals surface area contributed by atoms with Crippen LogP contribution in [0.3, 0.4) is 0 Å². The van der Waals surface area contributed by atoms with E-state index in [2.05, 4.69) is 0 Å². The number of ether oxygens (including phenoxy) is 1. The minimum absolute atomic E-state index is 0.00458. The zero-order valence-electron chi connectivity index (χ0n) is 12.5. The fraction of sp³-hybridized carbons (Fsp3) is 0.278. The molecule has 3 nitrogen and oxygen atoms in total. The van der Waals surface area contributed by atoms with E-state index in [0.29, 0.717) is 18.8 Å². The summed E-state index contributed by atoms with van der Waals surface area (Å²) < 4.78 is 5.96. The zero-order chi connectivity index (χ0) is 15.1. The molecule has 1 unspecified atom stereocenters. The summed E-state index contributed by atoms with van der Waals surface area (Å²) in [6, 6.07) is 19.1. The zero-order valence-corrected chi connectivity index (χ0v) is 12.5. The van der Waals surface area contributed by atoms with E-state index in [1.54, 1.807) is 4.90 Å². The lowest BCUT2D eigenvalue weighted by atomic mass is 10.1. The molecule has 1 amide bonds. The van der Waals surface area contributed by atoms with E-state index in [9.17, 15) is 4.79 Å². The Bertz CT molecular complexity index is 550. The van der Waals surface area contributed by atoms with Crippen molar-refractivity contribution in [3.63, 3.8) is 0 Å². The van der Waals surface area contributed by atoms with Crippen molar-refractivity contribution in [2.24, 2.45) is 0 Å². The molecule has 0 aliphatic heterocycles. The molecule has 110 valence electrons. The largest absolute Gasteiger partial charge is 0.476 e. The van der Waals surface area contributed by atoms with E-state index in [1.165, 1.54) is 0 Å². The SMILES string of the molecule is CCN(CC)C(=O)C(Oc1ccccc1)c1ccccc1. The van der Waals surface area contributed by atoms with Crippen LogP contribution in [0.15, 0.2) is 60.7 Å². The normalized spacial score (nSPS) is 11.7. The van der Waals surface area contributed by atoms with E-state index in [-0.39, 0.29) is 5.91 Å². The molecular formula is C18H21NO2. The predicted octanol–water partition coefficient (Wildman–Crippen LogP) is 3.68. The smallest absolute Gasteiger partial charge is 0.268 e. The molecule has 0 fully saturated rings. The average Bonchev–Trinajstić information content (AvgIpc) is 2.55. The van der Waals surface area contributed by atoms with Gasteiger partial charge < -0.3 is 9.64 Å². The van der Waals surface area contributed by atoms with Crippen LogP contribution in [-0.4, -0.2) is 23.9 Å². The molecule has 2 aromatic rings. The highest BCUT2D eigenvalue weighted by Crippen LogP contribution is 2.23. The van der Waals surface area contributed by atoms with Gasteiger partial charge in [-0.05, 0) is 26.0 Å². The lowest BCUT2D eigenvalue weighted by Crippen LogP contribution is -2.37. The molecule has 0 saturated heterocycles. The van der Waals surface area contributed by atoms with E-state index in [0.717, 1.165) is 5.56 Å². The van der Waals surface area contributed by atoms with E-state index in [1.807, 2.05) is 74.5 Å². The minimum Gasteiger partial charge on any atom is -0.476 e. The van der Waals surface area contributed by atoms with Crippen LogP contribution < -0.4 is 4.74 Å². The van der Waals surface area contributed by atoms with Crippen LogP contribution in [0.2, 0.25) is 0 Å². The van der Waals surface area contributed by atoms with E-state index < -0.39 is 6.10 Å². The molecule has 0 spiro atoms. The first-order valence-corrected chi connectivity index (χ1v) is 7.31. The molecule has 0 bridgehead atoms. The fourth-order valence-corrected chi connectivity index (χ4v) is 2.23. The van der Waals surface area contributed by atoms with Crippen LogP contribution in [0, 0.1) is 0 Å². The highest BCUT2D eigenvalue weighted by atomic mass is 16.5. The number of rotatable bonds is 6. The topological polar surface area (TPSA) is 29.5 Å². The van der Waals surface area contributed by atoms with E-state index in [4.69, 9.17) is 4.74 Å². The van der Waals surface area contributed by atoms with Gasteiger partial charge in [0.1, 0.15) is 5.75 Å². The van der Waals surface area contributed by atoms with Crippen molar-refractivity contribution >= 4 is 5.91 Å². The predicted molar refractivity (Wildman–Crippen MR) is 84.2 cm³/mol. The van der Waals surface area contributed by atoms with Crippen molar-refractivity contribution in [3.05, 3.63) is 66.2 Å². The number of benzene rings is 2. The van der Waals surface area contributed by atoms with E-state index >= 15 is 0 Å². The second-order valence-electron chi connectivity index (χ2n) is 4.73. The van der Waals surface area contributed by atoms with Crippen molar-refractivity contribution in [3.8, 4) is 5.75 Å².